The van der Waals surface area contributed by atoms with Crippen LogP contribution in [0.1, 0.15) is 36.0 Å². The van der Waals surface area contributed by atoms with E-state index in [1.807, 2.05) is 11.9 Å². The zero-order valence-electron chi connectivity index (χ0n) is 10.7. The van der Waals surface area contributed by atoms with Crippen molar-refractivity contribution in [2.24, 2.45) is 5.92 Å². The van der Waals surface area contributed by atoms with E-state index in [2.05, 4.69) is 0 Å². The Morgan fingerprint density at radius 1 is 1.44 bits per heavy atom. The van der Waals surface area contributed by atoms with Crippen LogP contribution in [0.25, 0.3) is 0 Å². The third-order valence-corrected chi connectivity index (χ3v) is 3.69. The Hall–Kier alpha value is -1.71. The van der Waals surface area contributed by atoms with Gasteiger partial charge in [0, 0.05) is 13.6 Å². The van der Waals surface area contributed by atoms with E-state index in [1.165, 1.54) is 25.7 Å². The summed E-state index contributed by atoms with van der Waals surface area (Å²) in [6, 6.07) is 5.05. The molecule has 2 rings (SSSR count). The fourth-order valence-electron chi connectivity index (χ4n) is 2.83. The first-order valence-corrected chi connectivity index (χ1v) is 6.42. The molecule has 0 atom stereocenters. The number of hydrogen-bond acceptors (Lipinski definition) is 3. The lowest BCUT2D eigenvalue weighted by atomic mass is 10.1. The monoisotopic (exact) mass is 248 g/mol. The first-order valence-electron chi connectivity index (χ1n) is 6.42. The van der Waals surface area contributed by atoms with Crippen LogP contribution in [0.4, 0.5) is 11.4 Å². The molecule has 0 saturated heterocycles. The zero-order chi connectivity index (χ0) is 13.1. The summed E-state index contributed by atoms with van der Waals surface area (Å²) in [5.74, 6) is -0.258. The molecule has 3 N–H and O–H groups in total. The SMILES string of the molecule is CN(CC1CCCC1)c1c(N)cccc1C(=O)O. The molecule has 0 aromatic heterocycles. The molecule has 4 heteroatoms. The maximum absolute atomic E-state index is 11.2. The van der Waals surface area contributed by atoms with Gasteiger partial charge in [0.2, 0.25) is 0 Å². The second-order valence-electron chi connectivity index (χ2n) is 5.08. The van der Waals surface area contributed by atoms with Gasteiger partial charge in [-0.3, -0.25) is 0 Å². The van der Waals surface area contributed by atoms with Crippen LogP contribution in [0.15, 0.2) is 18.2 Å². The summed E-state index contributed by atoms with van der Waals surface area (Å²) in [6.45, 7) is 0.883. The van der Waals surface area contributed by atoms with E-state index in [0.29, 0.717) is 17.3 Å². The number of carboxylic acid groups (broad SMARTS) is 1. The topological polar surface area (TPSA) is 66.6 Å². The van der Waals surface area contributed by atoms with Crippen molar-refractivity contribution in [3.05, 3.63) is 23.8 Å². The lowest BCUT2D eigenvalue weighted by Gasteiger charge is -2.25. The van der Waals surface area contributed by atoms with E-state index in [-0.39, 0.29) is 5.56 Å². The van der Waals surface area contributed by atoms with Gasteiger partial charge in [0.05, 0.1) is 16.9 Å². The maximum atomic E-state index is 11.2. The average molecular weight is 248 g/mol. The Kier molecular flexibility index (Phi) is 3.75. The standard InChI is InChI=1S/C14H20N2O2/c1-16(9-10-5-2-3-6-10)13-11(14(17)18)7-4-8-12(13)15/h4,7-8,10H,2-3,5-6,9,15H2,1H3,(H,17,18). The van der Waals surface area contributed by atoms with Gasteiger partial charge in [-0.05, 0) is 30.9 Å². The summed E-state index contributed by atoms with van der Waals surface area (Å²) in [5, 5.41) is 9.22. The van der Waals surface area contributed by atoms with Crippen molar-refractivity contribution in [1.29, 1.82) is 0 Å². The summed E-state index contributed by atoms with van der Waals surface area (Å²) in [6.07, 6.45) is 5.04. The second-order valence-corrected chi connectivity index (χ2v) is 5.08. The molecule has 0 unspecified atom stereocenters. The summed E-state index contributed by atoms with van der Waals surface area (Å²) >= 11 is 0. The molecule has 1 aromatic rings. The van der Waals surface area contributed by atoms with Crippen LogP contribution in [0, 0.1) is 5.92 Å². The Balaban J connectivity index is 2.22. The van der Waals surface area contributed by atoms with Gasteiger partial charge in [-0.25, -0.2) is 4.79 Å². The molecule has 1 fully saturated rings. The number of nitrogen functional groups attached to an aromatic ring is 1. The molecule has 0 heterocycles. The zero-order valence-corrected chi connectivity index (χ0v) is 10.7. The van der Waals surface area contributed by atoms with Gasteiger partial charge in [0.1, 0.15) is 0 Å². The highest BCUT2D eigenvalue weighted by molar-refractivity contribution is 5.97. The lowest BCUT2D eigenvalue weighted by Crippen LogP contribution is -2.26. The quantitative estimate of drug-likeness (QED) is 0.804. The minimum Gasteiger partial charge on any atom is -0.478 e. The van der Waals surface area contributed by atoms with Gasteiger partial charge in [0.25, 0.3) is 0 Å². The van der Waals surface area contributed by atoms with Crippen LogP contribution in [-0.4, -0.2) is 24.7 Å². The number of anilines is 2. The molecule has 1 aromatic carbocycles. The summed E-state index contributed by atoms with van der Waals surface area (Å²) in [4.78, 5) is 13.2. The third-order valence-electron chi connectivity index (χ3n) is 3.69. The maximum Gasteiger partial charge on any atom is 0.337 e. The summed E-state index contributed by atoms with van der Waals surface area (Å²) in [7, 11) is 1.93. The number of nitrogens with two attached hydrogens (primary N) is 1. The molecular weight excluding hydrogens is 228 g/mol. The van der Waals surface area contributed by atoms with Crippen LogP contribution in [0.2, 0.25) is 0 Å². The third kappa shape index (κ3) is 2.58. The number of aromatic carboxylic acids is 1. The normalized spacial score (nSPS) is 15.8. The number of carboxylic acids is 1. The molecule has 0 spiro atoms. The van der Waals surface area contributed by atoms with Crippen LogP contribution in [-0.2, 0) is 0 Å². The Labute approximate surface area is 107 Å². The van der Waals surface area contributed by atoms with Crippen molar-refractivity contribution in [3.63, 3.8) is 0 Å². The largest absolute Gasteiger partial charge is 0.478 e. The fraction of sp³-hybridized carbons (Fsp3) is 0.500. The van der Waals surface area contributed by atoms with E-state index in [4.69, 9.17) is 5.73 Å². The smallest absolute Gasteiger partial charge is 0.337 e. The van der Waals surface area contributed by atoms with E-state index in [0.717, 1.165) is 6.54 Å². The molecule has 0 radical (unpaired) electrons. The molecule has 98 valence electrons. The van der Waals surface area contributed by atoms with Crippen molar-refractivity contribution in [2.45, 2.75) is 25.7 Å². The summed E-state index contributed by atoms with van der Waals surface area (Å²) < 4.78 is 0. The lowest BCUT2D eigenvalue weighted by molar-refractivity contribution is 0.0697. The predicted octanol–water partition coefficient (Wildman–Crippen LogP) is 2.59. The highest BCUT2D eigenvalue weighted by Gasteiger charge is 2.21. The van der Waals surface area contributed by atoms with Gasteiger partial charge in [0.15, 0.2) is 0 Å². The van der Waals surface area contributed by atoms with Gasteiger partial charge in [-0.15, -0.1) is 0 Å². The second kappa shape index (κ2) is 5.29. The van der Waals surface area contributed by atoms with Crippen LogP contribution in [0.3, 0.4) is 0 Å². The number of carbonyl (C=O) groups is 1. The van der Waals surface area contributed by atoms with Gasteiger partial charge in [-0.1, -0.05) is 18.9 Å². The van der Waals surface area contributed by atoms with Crippen LogP contribution in [0.5, 0.6) is 0 Å². The molecule has 0 aliphatic heterocycles. The van der Waals surface area contributed by atoms with Gasteiger partial charge < -0.3 is 15.7 Å². The molecule has 1 aliphatic carbocycles. The van der Waals surface area contributed by atoms with Crippen molar-refractivity contribution >= 4 is 17.3 Å². The predicted molar refractivity (Wildman–Crippen MR) is 73.0 cm³/mol. The van der Waals surface area contributed by atoms with Crippen molar-refractivity contribution in [3.8, 4) is 0 Å². The minimum absolute atomic E-state index is 0.287. The molecule has 1 saturated carbocycles. The van der Waals surface area contributed by atoms with E-state index < -0.39 is 5.97 Å². The minimum atomic E-state index is -0.921. The summed E-state index contributed by atoms with van der Waals surface area (Å²) in [5.41, 5.74) is 7.40. The number of nitrogens with zero attached hydrogens (tertiary/aromatic N) is 1. The number of hydrogen-bond donors (Lipinski definition) is 2. The molecule has 0 bridgehead atoms. The number of benzene rings is 1. The Morgan fingerprint density at radius 3 is 2.72 bits per heavy atom. The first-order chi connectivity index (χ1) is 8.59. The Morgan fingerprint density at radius 2 is 2.11 bits per heavy atom. The fourth-order valence-corrected chi connectivity index (χ4v) is 2.83. The van der Waals surface area contributed by atoms with Crippen molar-refractivity contribution in [1.82, 2.24) is 0 Å². The van der Waals surface area contributed by atoms with E-state index >= 15 is 0 Å². The van der Waals surface area contributed by atoms with Crippen LogP contribution < -0.4 is 10.6 Å². The van der Waals surface area contributed by atoms with Crippen molar-refractivity contribution < 1.29 is 9.90 Å². The average Bonchev–Trinajstić information content (AvgIpc) is 2.81. The van der Waals surface area contributed by atoms with E-state index in [1.54, 1.807) is 18.2 Å². The van der Waals surface area contributed by atoms with Crippen molar-refractivity contribution in [2.75, 3.05) is 24.2 Å². The Bertz CT molecular complexity index is 439. The van der Waals surface area contributed by atoms with Crippen LogP contribution >= 0.6 is 0 Å². The van der Waals surface area contributed by atoms with Gasteiger partial charge >= 0.3 is 5.97 Å². The molecule has 18 heavy (non-hydrogen) atoms. The molecule has 1 aliphatic rings. The molecule has 0 amide bonds. The van der Waals surface area contributed by atoms with Gasteiger partial charge in [-0.2, -0.15) is 0 Å². The first kappa shape index (κ1) is 12.7. The highest BCUT2D eigenvalue weighted by atomic mass is 16.4. The molecule has 4 nitrogen and oxygen atoms in total. The highest BCUT2D eigenvalue weighted by Crippen LogP contribution is 2.31. The number of para-hydroxylation sites is 1. The number of rotatable bonds is 4. The molecular formula is C14H20N2O2. The van der Waals surface area contributed by atoms with E-state index in [9.17, 15) is 9.90 Å².